The highest BCUT2D eigenvalue weighted by atomic mass is 32.2. The number of aliphatic imine (C=N–C) groups is 2. The van der Waals surface area contributed by atoms with Gasteiger partial charge in [-0.15, -0.1) is 0 Å². The number of benzene rings is 3. The Kier molecular flexibility index (Phi) is 9.18. The summed E-state index contributed by atoms with van der Waals surface area (Å²) < 4.78 is 10.6. The van der Waals surface area contributed by atoms with Gasteiger partial charge in [0.15, 0.2) is 5.17 Å². The minimum absolute atomic E-state index is 0.00703. The van der Waals surface area contributed by atoms with Crippen LogP contribution in [0.15, 0.2) is 82.8 Å². The second-order valence-corrected chi connectivity index (χ2v) is 10.5. The monoisotopic (exact) mass is 585 g/mol. The first-order chi connectivity index (χ1) is 20.5. The van der Waals surface area contributed by atoms with Crippen molar-refractivity contribution in [1.82, 2.24) is 10.2 Å². The first-order valence-corrected chi connectivity index (χ1v) is 14.5. The third kappa shape index (κ3) is 6.63. The number of nitrogens with one attached hydrogen (secondary N) is 2. The number of methoxy groups -OCH3 is 2. The van der Waals surface area contributed by atoms with Gasteiger partial charge in [-0.05, 0) is 42.7 Å². The van der Waals surface area contributed by atoms with Gasteiger partial charge in [-0.2, -0.15) is 0 Å². The van der Waals surface area contributed by atoms with E-state index in [0.717, 1.165) is 29.3 Å². The van der Waals surface area contributed by atoms with Gasteiger partial charge < -0.3 is 20.1 Å². The summed E-state index contributed by atoms with van der Waals surface area (Å²) in [5, 5.41) is 6.12. The van der Waals surface area contributed by atoms with Gasteiger partial charge >= 0.3 is 0 Å². The quantitative estimate of drug-likeness (QED) is 0.348. The molecule has 0 spiro atoms. The number of rotatable bonds is 11. The number of anilines is 1. The number of hydrogen-bond donors (Lipinski definition) is 2. The molecule has 2 aliphatic heterocycles. The van der Waals surface area contributed by atoms with Crippen LogP contribution in [0.1, 0.15) is 24.0 Å². The average Bonchev–Trinajstić information content (AvgIpc) is 3.35. The van der Waals surface area contributed by atoms with E-state index in [1.165, 1.54) is 12.0 Å². The Labute approximate surface area is 248 Å². The lowest BCUT2D eigenvalue weighted by molar-refractivity contribution is -0.125. The first kappa shape index (κ1) is 28.9. The topological polar surface area (TPSA) is 122 Å². The number of carbonyl (C=O) groups excluding carboxylic acids is 3. The molecule has 2 heterocycles. The fraction of sp³-hybridized carbons (Fsp3) is 0.258. The molecule has 2 N–H and O–H groups in total. The molecule has 2 aliphatic rings. The maximum absolute atomic E-state index is 13.5. The van der Waals surface area contributed by atoms with E-state index in [1.54, 1.807) is 25.3 Å². The van der Waals surface area contributed by atoms with E-state index in [9.17, 15) is 14.4 Å². The third-order valence-corrected chi connectivity index (χ3v) is 7.72. The molecular weight excluding hydrogens is 554 g/mol. The average molecular weight is 586 g/mol. The Bertz CT molecular complexity index is 1540. The van der Waals surface area contributed by atoms with Crippen LogP contribution in [0.3, 0.4) is 0 Å². The van der Waals surface area contributed by atoms with Crippen LogP contribution >= 0.6 is 11.8 Å². The Balaban J connectivity index is 1.22. The van der Waals surface area contributed by atoms with Crippen LogP contribution in [0.5, 0.6) is 11.5 Å². The number of carbonyl (C=O) groups is 3. The van der Waals surface area contributed by atoms with Gasteiger partial charge in [0.25, 0.3) is 5.91 Å². The maximum Gasteiger partial charge on any atom is 0.259 e. The van der Waals surface area contributed by atoms with Crippen molar-refractivity contribution in [2.45, 2.75) is 25.3 Å². The molecule has 42 heavy (non-hydrogen) atoms. The van der Waals surface area contributed by atoms with Gasteiger partial charge in [0.1, 0.15) is 23.4 Å². The molecule has 0 aliphatic carbocycles. The van der Waals surface area contributed by atoms with Crippen molar-refractivity contribution in [3.8, 4) is 11.5 Å². The zero-order valence-corrected chi connectivity index (χ0v) is 24.1. The Morgan fingerprint density at radius 1 is 0.976 bits per heavy atom. The van der Waals surface area contributed by atoms with Crippen LogP contribution in [0.25, 0.3) is 0 Å². The number of hydrogen-bond acceptors (Lipinski definition) is 8. The van der Waals surface area contributed by atoms with Crippen LogP contribution in [-0.2, 0) is 20.8 Å². The van der Waals surface area contributed by atoms with Crippen LogP contribution in [-0.4, -0.2) is 66.2 Å². The smallest absolute Gasteiger partial charge is 0.259 e. The van der Waals surface area contributed by atoms with E-state index >= 15 is 0 Å². The fourth-order valence-electron chi connectivity index (χ4n) is 4.66. The summed E-state index contributed by atoms with van der Waals surface area (Å²) in [5.74, 6) is 0.849. The molecule has 0 unspecified atom stereocenters. The summed E-state index contributed by atoms with van der Waals surface area (Å²) in [7, 11) is 3.06. The number of amidine groups is 2. The number of ether oxygens (including phenoxy) is 2. The summed E-state index contributed by atoms with van der Waals surface area (Å²) >= 11 is 1.14. The molecule has 0 bridgehead atoms. The van der Waals surface area contributed by atoms with E-state index in [4.69, 9.17) is 14.5 Å². The van der Waals surface area contributed by atoms with Gasteiger partial charge in [0, 0.05) is 24.6 Å². The Morgan fingerprint density at radius 3 is 2.55 bits per heavy atom. The van der Waals surface area contributed by atoms with E-state index in [2.05, 4.69) is 15.6 Å². The molecule has 216 valence electrons. The largest absolute Gasteiger partial charge is 0.497 e. The molecule has 0 fully saturated rings. The minimum Gasteiger partial charge on any atom is -0.497 e. The van der Waals surface area contributed by atoms with Gasteiger partial charge in [-0.25, -0.2) is 9.89 Å². The van der Waals surface area contributed by atoms with Gasteiger partial charge in [-0.3, -0.25) is 19.4 Å². The fourth-order valence-corrected chi connectivity index (χ4v) is 5.46. The summed E-state index contributed by atoms with van der Waals surface area (Å²) in [6, 6.07) is 21.8. The molecule has 3 aromatic rings. The third-order valence-electron chi connectivity index (χ3n) is 6.78. The van der Waals surface area contributed by atoms with E-state index in [-0.39, 0.29) is 36.3 Å². The van der Waals surface area contributed by atoms with Crippen molar-refractivity contribution in [1.29, 1.82) is 0 Å². The van der Waals surface area contributed by atoms with Gasteiger partial charge in [0.2, 0.25) is 11.8 Å². The molecule has 0 aromatic heterocycles. The lowest BCUT2D eigenvalue weighted by atomic mass is 10.1. The van der Waals surface area contributed by atoms with E-state index in [0.29, 0.717) is 40.4 Å². The molecule has 0 saturated heterocycles. The van der Waals surface area contributed by atoms with Crippen LogP contribution in [0, 0.1) is 0 Å². The van der Waals surface area contributed by atoms with E-state index in [1.807, 2.05) is 54.6 Å². The molecule has 5 rings (SSSR count). The molecule has 1 atom stereocenters. The molecule has 3 amide bonds. The summed E-state index contributed by atoms with van der Waals surface area (Å²) in [6.45, 7) is 0.520. The number of para-hydroxylation sites is 1. The number of fused-ring (bicyclic) bond motifs is 3. The SMILES string of the molecule is COc1ccc(OC)c(NC(=O)CSC2=Nc3ccccc3C3=N[C@@H](CCC(=O)NCCc4ccccc4)C(=O)N23)c1. The Morgan fingerprint density at radius 2 is 1.76 bits per heavy atom. The lowest BCUT2D eigenvalue weighted by Crippen LogP contribution is -2.41. The second-order valence-electron chi connectivity index (χ2n) is 9.58. The summed E-state index contributed by atoms with van der Waals surface area (Å²) in [4.78, 5) is 49.8. The zero-order chi connectivity index (χ0) is 29.5. The Hall–Kier alpha value is -4.64. The molecule has 10 nitrogen and oxygen atoms in total. The molecule has 0 saturated carbocycles. The molecule has 3 aromatic carbocycles. The van der Waals surface area contributed by atoms with Gasteiger partial charge in [-0.1, -0.05) is 54.2 Å². The van der Waals surface area contributed by atoms with Crippen LogP contribution in [0.2, 0.25) is 0 Å². The lowest BCUT2D eigenvalue weighted by Gasteiger charge is -2.25. The highest BCUT2D eigenvalue weighted by Gasteiger charge is 2.41. The molecule has 11 heteroatoms. The summed E-state index contributed by atoms with van der Waals surface area (Å²) in [5.41, 5.74) is 3.01. The zero-order valence-electron chi connectivity index (χ0n) is 23.3. The highest BCUT2D eigenvalue weighted by molar-refractivity contribution is 8.14. The standard InChI is InChI=1S/C31H31N5O5S/c1-40-21-12-14-26(41-2)25(18-21)33-28(38)19-42-31-35-23-11-7-6-10-22(23)29-34-24(30(39)36(29)31)13-15-27(37)32-17-16-20-8-4-3-5-9-20/h3-12,14,18,24H,13,15-17,19H2,1-2H3,(H,32,37)(H,33,38)/t24-/m0/s1. The van der Waals surface area contributed by atoms with E-state index < -0.39 is 6.04 Å². The van der Waals surface area contributed by atoms with Crippen molar-refractivity contribution < 1.29 is 23.9 Å². The van der Waals surface area contributed by atoms with Crippen molar-refractivity contribution in [2.24, 2.45) is 9.98 Å². The number of thioether (sulfide) groups is 1. The van der Waals surface area contributed by atoms with Crippen molar-refractivity contribution in [2.75, 3.05) is 31.8 Å². The summed E-state index contributed by atoms with van der Waals surface area (Å²) in [6.07, 6.45) is 1.17. The number of nitrogens with zero attached hydrogens (tertiary/aromatic N) is 3. The number of amides is 3. The molecule has 0 radical (unpaired) electrons. The second kappa shape index (κ2) is 13.3. The van der Waals surface area contributed by atoms with Crippen molar-refractivity contribution in [3.63, 3.8) is 0 Å². The van der Waals surface area contributed by atoms with Gasteiger partial charge in [0.05, 0.1) is 31.3 Å². The van der Waals surface area contributed by atoms with Crippen molar-refractivity contribution >= 4 is 51.9 Å². The van der Waals surface area contributed by atoms with Crippen molar-refractivity contribution in [3.05, 3.63) is 83.9 Å². The predicted molar refractivity (Wildman–Crippen MR) is 164 cm³/mol. The maximum atomic E-state index is 13.5. The van der Waals surface area contributed by atoms with Crippen LogP contribution in [0.4, 0.5) is 11.4 Å². The van der Waals surface area contributed by atoms with Crippen LogP contribution < -0.4 is 20.1 Å². The first-order valence-electron chi connectivity index (χ1n) is 13.5. The highest BCUT2D eigenvalue weighted by Crippen LogP contribution is 2.34. The minimum atomic E-state index is -0.716. The normalized spacial score (nSPS) is 15.2. The molecular formula is C31H31N5O5S. The predicted octanol–water partition coefficient (Wildman–Crippen LogP) is 4.17.